The van der Waals surface area contributed by atoms with Crippen molar-refractivity contribution in [2.45, 2.75) is 33.3 Å². The molecule has 1 aromatic heterocycles. The predicted molar refractivity (Wildman–Crippen MR) is 84.3 cm³/mol. The standard InChI is InChI=1S/C17H20N2O2/c1-12-8-9-13(14-7-5-6-10-18-14)11-15(12)19-16(20)21-17(2,3)4/h5-11H,1-4H3,(H,19,20). The summed E-state index contributed by atoms with van der Waals surface area (Å²) in [6, 6.07) is 11.6. The van der Waals surface area contributed by atoms with E-state index in [1.54, 1.807) is 6.20 Å². The second kappa shape index (κ2) is 5.95. The molecule has 110 valence electrons. The second-order valence-electron chi connectivity index (χ2n) is 5.87. The SMILES string of the molecule is Cc1ccc(-c2ccccn2)cc1NC(=O)OC(C)(C)C. The van der Waals surface area contributed by atoms with Gasteiger partial charge in [0.2, 0.25) is 0 Å². The number of aryl methyl sites for hydroxylation is 1. The van der Waals surface area contributed by atoms with E-state index in [2.05, 4.69) is 10.3 Å². The van der Waals surface area contributed by atoms with Crippen LogP contribution in [0.15, 0.2) is 42.6 Å². The van der Waals surface area contributed by atoms with Crippen LogP contribution in [0.5, 0.6) is 0 Å². The van der Waals surface area contributed by atoms with Crippen molar-refractivity contribution in [3.8, 4) is 11.3 Å². The Balaban J connectivity index is 2.22. The highest BCUT2D eigenvalue weighted by molar-refractivity contribution is 5.87. The largest absolute Gasteiger partial charge is 0.444 e. The summed E-state index contributed by atoms with van der Waals surface area (Å²) in [7, 11) is 0. The molecule has 0 radical (unpaired) electrons. The summed E-state index contributed by atoms with van der Waals surface area (Å²) in [6.45, 7) is 7.45. The van der Waals surface area contributed by atoms with Crippen LogP contribution >= 0.6 is 0 Å². The number of nitrogens with one attached hydrogen (secondary N) is 1. The maximum atomic E-state index is 11.9. The lowest BCUT2D eigenvalue weighted by Crippen LogP contribution is -2.27. The summed E-state index contributed by atoms with van der Waals surface area (Å²) in [5.41, 5.74) is 3.00. The van der Waals surface area contributed by atoms with Crippen molar-refractivity contribution in [3.63, 3.8) is 0 Å². The summed E-state index contributed by atoms with van der Waals surface area (Å²) in [4.78, 5) is 16.2. The quantitative estimate of drug-likeness (QED) is 0.889. The lowest BCUT2D eigenvalue weighted by molar-refractivity contribution is 0.0636. The fraction of sp³-hybridized carbons (Fsp3) is 0.294. The Morgan fingerprint density at radius 3 is 2.57 bits per heavy atom. The molecule has 0 spiro atoms. The molecule has 4 nitrogen and oxygen atoms in total. The Hall–Kier alpha value is -2.36. The van der Waals surface area contributed by atoms with E-state index in [1.165, 1.54) is 0 Å². The van der Waals surface area contributed by atoms with Gasteiger partial charge in [0.15, 0.2) is 0 Å². The molecule has 0 saturated carbocycles. The maximum absolute atomic E-state index is 11.9. The van der Waals surface area contributed by atoms with Crippen LogP contribution in [0.3, 0.4) is 0 Å². The van der Waals surface area contributed by atoms with E-state index in [1.807, 2.05) is 64.1 Å². The zero-order valence-corrected chi connectivity index (χ0v) is 12.8. The van der Waals surface area contributed by atoms with Crippen molar-refractivity contribution in [3.05, 3.63) is 48.2 Å². The topological polar surface area (TPSA) is 51.2 Å². The molecule has 0 saturated heterocycles. The highest BCUT2D eigenvalue weighted by Gasteiger charge is 2.17. The van der Waals surface area contributed by atoms with Gasteiger partial charge in [-0.3, -0.25) is 10.3 Å². The van der Waals surface area contributed by atoms with Crippen molar-refractivity contribution in [2.24, 2.45) is 0 Å². The third-order valence-corrected chi connectivity index (χ3v) is 2.83. The number of ether oxygens (including phenoxy) is 1. The number of carbonyl (C=O) groups excluding carboxylic acids is 1. The second-order valence-corrected chi connectivity index (χ2v) is 5.87. The number of anilines is 1. The van der Waals surface area contributed by atoms with Crippen molar-refractivity contribution >= 4 is 11.8 Å². The molecule has 21 heavy (non-hydrogen) atoms. The van der Waals surface area contributed by atoms with Crippen molar-refractivity contribution < 1.29 is 9.53 Å². The van der Waals surface area contributed by atoms with Crippen LogP contribution in [0.25, 0.3) is 11.3 Å². The molecule has 0 bridgehead atoms. The first kappa shape index (κ1) is 15.0. The van der Waals surface area contributed by atoms with E-state index in [9.17, 15) is 4.79 Å². The van der Waals surface area contributed by atoms with Crippen LogP contribution in [-0.4, -0.2) is 16.7 Å². The van der Waals surface area contributed by atoms with E-state index in [-0.39, 0.29) is 0 Å². The van der Waals surface area contributed by atoms with E-state index in [4.69, 9.17) is 4.74 Å². The van der Waals surface area contributed by atoms with Gasteiger partial charge in [-0.2, -0.15) is 0 Å². The Bertz CT molecular complexity index is 631. The summed E-state index contributed by atoms with van der Waals surface area (Å²) in [6.07, 6.45) is 1.29. The minimum Gasteiger partial charge on any atom is -0.444 e. The molecular formula is C17H20N2O2. The van der Waals surface area contributed by atoms with Crippen LogP contribution in [0.2, 0.25) is 0 Å². The predicted octanol–water partition coefficient (Wildman–Crippen LogP) is 4.40. The van der Waals surface area contributed by atoms with Gasteiger partial charge >= 0.3 is 6.09 Å². The molecule has 0 aliphatic heterocycles. The van der Waals surface area contributed by atoms with Crippen molar-refractivity contribution in [1.82, 2.24) is 4.98 Å². The van der Waals surface area contributed by atoms with E-state index in [0.717, 1.165) is 22.5 Å². The first-order valence-electron chi connectivity index (χ1n) is 6.87. The Morgan fingerprint density at radius 2 is 1.95 bits per heavy atom. The number of hydrogen-bond acceptors (Lipinski definition) is 3. The maximum Gasteiger partial charge on any atom is 0.412 e. The molecule has 0 aliphatic carbocycles. The minimum atomic E-state index is -0.517. The molecule has 1 heterocycles. The van der Waals surface area contributed by atoms with Gasteiger partial charge in [-0.1, -0.05) is 18.2 Å². The zero-order chi connectivity index (χ0) is 15.5. The van der Waals surface area contributed by atoms with Crippen molar-refractivity contribution in [2.75, 3.05) is 5.32 Å². The fourth-order valence-electron chi connectivity index (χ4n) is 1.86. The summed E-state index contributed by atoms with van der Waals surface area (Å²) in [5, 5.41) is 2.79. The van der Waals surface area contributed by atoms with Gasteiger partial charge in [0.1, 0.15) is 5.60 Å². The third-order valence-electron chi connectivity index (χ3n) is 2.83. The number of amides is 1. The molecule has 1 N–H and O–H groups in total. The van der Waals surface area contributed by atoms with E-state index >= 15 is 0 Å². The number of nitrogens with zero attached hydrogens (tertiary/aromatic N) is 1. The van der Waals surface area contributed by atoms with Crippen LogP contribution in [0, 0.1) is 6.92 Å². The lowest BCUT2D eigenvalue weighted by atomic mass is 10.1. The average molecular weight is 284 g/mol. The van der Waals surface area contributed by atoms with Crippen molar-refractivity contribution in [1.29, 1.82) is 0 Å². The van der Waals surface area contributed by atoms with Crippen LogP contribution in [-0.2, 0) is 4.74 Å². The van der Waals surface area contributed by atoms with E-state index in [0.29, 0.717) is 0 Å². The van der Waals surface area contributed by atoms with Crippen LogP contribution in [0.4, 0.5) is 10.5 Å². The average Bonchev–Trinajstić information content (AvgIpc) is 2.40. The fourth-order valence-corrected chi connectivity index (χ4v) is 1.86. The van der Waals surface area contributed by atoms with E-state index < -0.39 is 11.7 Å². The Labute approximate surface area is 125 Å². The first-order chi connectivity index (χ1) is 9.85. The van der Waals surface area contributed by atoms with Gasteiger partial charge in [-0.25, -0.2) is 4.79 Å². The minimum absolute atomic E-state index is 0.455. The molecule has 4 heteroatoms. The normalized spacial score (nSPS) is 11.0. The highest BCUT2D eigenvalue weighted by atomic mass is 16.6. The Kier molecular flexibility index (Phi) is 4.26. The zero-order valence-electron chi connectivity index (χ0n) is 12.8. The van der Waals surface area contributed by atoms with Gasteiger partial charge in [0.05, 0.1) is 5.69 Å². The number of pyridine rings is 1. The molecule has 1 aromatic carbocycles. The molecular weight excluding hydrogens is 264 g/mol. The number of carbonyl (C=O) groups is 1. The molecule has 0 unspecified atom stereocenters. The summed E-state index contributed by atoms with van der Waals surface area (Å²) < 4.78 is 5.28. The Morgan fingerprint density at radius 1 is 1.19 bits per heavy atom. The van der Waals surface area contributed by atoms with Gasteiger partial charge in [0, 0.05) is 17.4 Å². The molecule has 0 aliphatic rings. The monoisotopic (exact) mass is 284 g/mol. The number of benzene rings is 1. The highest BCUT2D eigenvalue weighted by Crippen LogP contribution is 2.24. The molecule has 0 atom stereocenters. The molecule has 0 fully saturated rings. The number of hydrogen-bond donors (Lipinski definition) is 1. The first-order valence-corrected chi connectivity index (χ1v) is 6.87. The van der Waals surface area contributed by atoms with Gasteiger partial charge in [-0.15, -0.1) is 0 Å². The van der Waals surface area contributed by atoms with Crippen LogP contribution < -0.4 is 5.32 Å². The summed E-state index contributed by atoms with van der Waals surface area (Å²) >= 11 is 0. The number of aromatic nitrogens is 1. The smallest absolute Gasteiger partial charge is 0.412 e. The molecule has 2 rings (SSSR count). The number of rotatable bonds is 2. The molecule has 1 amide bonds. The van der Waals surface area contributed by atoms with Crippen LogP contribution in [0.1, 0.15) is 26.3 Å². The van der Waals surface area contributed by atoms with Gasteiger partial charge < -0.3 is 4.74 Å². The van der Waals surface area contributed by atoms with Gasteiger partial charge in [-0.05, 0) is 51.5 Å². The third kappa shape index (κ3) is 4.31. The summed E-state index contributed by atoms with van der Waals surface area (Å²) in [5.74, 6) is 0. The van der Waals surface area contributed by atoms with Gasteiger partial charge in [0.25, 0.3) is 0 Å². The molecule has 2 aromatic rings. The lowest BCUT2D eigenvalue weighted by Gasteiger charge is -2.20.